The Morgan fingerprint density at radius 3 is 2.53 bits per heavy atom. The van der Waals surface area contributed by atoms with Crippen molar-refractivity contribution in [2.45, 2.75) is 12.8 Å². The van der Waals surface area contributed by atoms with Gasteiger partial charge in [-0.1, -0.05) is 12.1 Å². The van der Waals surface area contributed by atoms with Gasteiger partial charge >= 0.3 is 5.97 Å². The predicted molar refractivity (Wildman–Crippen MR) is 53.6 cm³/mol. The molecule has 1 N–H and O–H groups in total. The third kappa shape index (κ3) is 2.71. The summed E-state index contributed by atoms with van der Waals surface area (Å²) in [6, 6.07) is 8.23. The quantitative estimate of drug-likeness (QED) is 0.813. The van der Waals surface area contributed by atoms with Crippen LogP contribution in [-0.2, 0) is 4.79 Å². The third-order valence-electron chi connectivity index (χ3n) is 1.90. The van der Waals surface area contributed by atoms with Crippen LogP contribution in [0.1, 0.15) is 18.4 Å². The monoisotopic (exact) mass is 205 g/mol. The van der Waals surface area contributed by atoms with Crippen LogP contribution in [-0.4, -0.2) is 17.7 Å². The number of hydrogen-bond donors (Lipinski definition) is 1. The molecule has 0 spiro atoms. The zero-order valence-corrected chi connectivity index (χ0v) is 8.30. The largest absolute Gasteiger partial charge is 0.494 e. The Balaban J connectivity index is 2.88. The fourth-order valence-electron chi connectivity index (χ4n) is 1.20. The summed E-state index contributed by atoms with van der Waals surface area (Å²) < 4.78 is 5.20. The van der Waals surface area contributed by atoms with Crippen molar-refractivity contribution in [1.82, 2.24) is 0 Å². The van der Waals surface area contributed by atoms with Gasteiger partial charge in [0.2, 0.25) is 0 Å². The van der Waals surface area contributed by atoms with Gasteiger partial charge < -0.3 is 9.84 Å². The van der Waals surface area contributed by atoms with Crippen LogP contribution in [0.4, 0.5) is 0 Å². The molecule has 15 heavy (non-hydrogen) atoms. The van der Waals surface area contributed by atoms with E-state index in [0.29, 0.717) is 17.9 Å². The average molecular weight is 205 g/mol. The van der Waals surface area contributed by atoms with Gasteiger partial charge in [-0.15, -0.1) is 0 Å². The van der Waals surface area contributed by atoms with Crippen LogP contribution in [0.15, 0.2) is 24.3 Å². The highest BCUT2D eigenvalue weighted by Gasteiger charge is 2.18. The molecule has 0 bridgehead atoms. The summed E-state index contributed by atoms with van der Waals surface area (Å²) in [4.78, 5) is 10.7. The Morgan fingerprint density at radius 2 is 2.13 bits per heavy atom. The number of carboxylic acid groups (broad SMARTS) is 1. The van der Waals surface area contributed by atoms with E-state index >= 15 is 0 Å². The summed E-state index contributed by atoms with van der Waals surface area (Å²) >= 11 is 0. The summed E-state index contributed by atoms with van der Waals surface area (Å²) in [6.45, 7) is 2.42. The standard InChI is InChI=1S/C11H11NO3/c1-2-15-9-5-3-8(4-6-9)10(7-12)11(13)14/h3-6,10H,2H2,1H3,(H,13,14). The molecule has 1 aromatic rings. The minimum absolute atomic E-state index is 0.466. The number of rotatable bonds is 4. The van der Waals surface area contributed by atoms with E-state index in [9.17, 15) is 4.79 Å². The predicted octanol–water partition coefficient (Wildman–Crippen LogP) is 1.78. The van der Waals surface area contributed by atoms with Crippen LogP contribution >= 0.6 is 0 Å². The zero-order chi connectivity index (χ0) is 11.3. The first-order chi connectivity index (χ1) is 7.19. The summed E-state index contributed by atoms with van der Waals surface area (Å²) in [7, 11) is 0. The minimum Gasteiger partial charge on any atom is -0.494 e. The topological polar surface area (TPSA) is 70.3 Å². The smallest absolute Gasteiger partial charge is 0.325 e. The van der Waals surface area contributed by atoms with Crippen molar-refractivity contribution >= 4 is 5.97 Å². The average Bonchev–Trinajstić information content (AvgIpc) is 2.21. The molecule has 0 aliphatic carbocycles. The number of hydrogen-bond acceptors (Lipinski definition) is 3. The van der Waals surface area contributed by atoms with Gasteiger partial charge in [0.25, 0.3) is 0 Å². The highest BCUT2D eigenvalue weighted by molar-refractivity contribution is 5.79. The summed E-state index contributed by atoms with van der Waals surface area (Å²) in [5, 5.41) is 17.4. The highest BCUT2D eigenvalue weighted by atomic mass is 16.5. The molecular formula is C11H11NO3. The molecule has 0 amide bonds. The number of ether oxygens (including phenoxy) is 1. The Bertz CT molecular complexity index is 378. The van der Waals surface area contributed by atoms with Crippen LogP contribution in [0.25, 0.3) is 0 Å². The molecule has 0 aliphatic heterocycles. The molecular weight excluding hydrogens is 194 g/mol. The Kier molecular flexibility index (Phi) is 3.69. The van der Waals surface area contributed by atoms with Gasteiger partial charge in [0, 0.05) is 0 Å². The van der Waals surface area contributed by atoms with Crippen molar-refractivity contribution in [3.63, 3.8) is 0 Å². The molecule has 0 aliphatic rings. The molecule has 4 nitrogen and oxygen atoms in total. The Morgan fingerprint density at radius 1 is 1.53 bits per heavy atom. The zero-order valence-electron chi connectivity index (χ0n) is 8.30. The van der Waals surface area contributed by atoms with E-state index in [4.69, 9.17) is 15.1 Å². The van der Waals surface area contributed by atoms with E-state index in [2.05, 4.69) is 0 Å². The summed E-state index contributed by atoms with van der Waals surface area (Å²) in [6.07, 6.45) is 0. The number of carbonyl (C=O) groups is 1. The SMILES string of the molecule is CCOc1ccc(C(C#N)C(=O)O)cc1. The molecule has 0 fully saturated rings. The van der Waals surface area contributed by atoms with E-state index in [1.165, 1.54) is 0 Å². The van der Waals surface area contributed by atoms with Crippen LogP contribution in [0.5, 0.6) is 5.75 Å². The molecule has 0 aromatic heterocycles. The van der Waals surface area contributed by atoms with Crippen molar-refractivity contribution in [3.8, 4) is 11.8 Å². The summed E-state index contributed by atoms with van der Waals surface area (Å²) in [5.74, 6) is -1.58. The molecule has 1 atom stereocenters. The van der Waals surface area contributed by atoms with Gasteiger partial charge in [-0.25, -0.2) is 0 Å². The normalized spacial score (nSPS) is 11.5. The molecule has 78 valence electrons. The fraction of sp³-hybridized carbons (Fsp3) is 0.273. The van der Waals surface area contributed by atoms with E-state index < -0.39 is 11.9 Å². The van der Waals surface area contributed by atoms with Crippen molar-refractivity contribution in [1.29, 1.82) is 5.26 Å². The van der Waals surface area contributed by atoms with Gasteiger partial charge in [-0.3, -0.25) is 4.79 Å². The maximum absolute atomic E-state index is 10.7. The molecule has 1 aromatic carbocycles. The van der Waals surface area contributed by atoms with Crippen molar-refractivity contribution in [2.24, 2.45) is 0 Å². The van der Waals surface area contributed by atoms with Gasteiger partial charge in [-0.05, 0) is 24.6 Å². The molecule has 0 radical (unpaired) electrons. The molecule has 1 unspecified atom stereocenters. The van der Waals surface area contributed by atoms with Crippen LogP contribution < -0.4 is 4.74 Å². The van der Waals surface area contributed by atoms with Gasteiger partial charge in [0.15, 0.2) is 5.92 Å². The summed E-state index contributed by atoms with van der Waals surface area (Å²) in [5.41, 5.74) is 0.466. The third-order valence-corrected chi connectivity index (χ3v) is 1.90. The number of nitrogens with zero attached hydrogens (tertiary/aromatic N) is 1. The second-order valence-corrected chi connectivity index (χ2v) is 2.90. The first-order valence-corrected chi connectivity index (χ1v) is 4.54. The van der Waals surface area contributed by atoms with Crippen LogP contribution in [0, 0.1) is 11.3 Å². The minimum atomic E-state index is -1.14. The first kappa shape index (κ1) is 11.1. The molecule has 0 heterocycles. The number of nitriles is 1. The van der Waals surface area contributed by atoms with Crippen molar-refractivity contribution in [3.05, 3.63) is 29.8 Å². The Hall–Kier alpha value is -2.02. The maximum Gasteiger partial charge on any atom is 0.325 e. The highest BCUT2D eigenvalue weighted by Crippen LogP contribution is 2.19. The van der Waals surface area contributed by atoms with E-state index in [0.717, 1.165) is 0 Å². The van der Waals surface area contributed by atoms with Gasteiger partial charge in [0.1, 0.15) is 5.75 Å². The maximum atomic E-state index is 10.7. The second-order valence-electron chi connectivity index (χ2n) is 2.90. The van der Waals surface area contributed by atoms with E-state index in [-0.39, 0.29) is 0 Å². The van der Waals surface area contributed by atoms with Crippen molar-refractivity contribution < 1.29 is 14.6 Å². The lowest BCUT2D eigenvalue weighted by atomic mass is 10.0. The first-order valence-electron chi connectivity index (χ1n) is 4.54. The van der Waals surface area contributed by atoms with Gasteiger partial charge in [0.05, 0.1) is 12.7 Å². The number of carboxylic acids is 1. The van der Waals surface area contributed by atoms with E-state index in [1.807, 2.05) is 6.92 Å². The van der Waals surface area contributed by atoms with Crippen molar-refractivity contribution in [2.75, 3.05) is 6.61 Å². The second kappa shape index (κ2) is 5.01. The van der Waals surface area contributed by atoms with Crippen LogP contribution in [0.2, 0.25) is 0 Å². The molecule has 0 saturated heterocycles. The lowest BCUT2D eigenvalue weighted by Crippen LogP contribution is -2.09. The molecule has 1 rings (SSSR count). The lowest BCUT2D eigenvalue weighted by molar-refractivity contribution is -0.137. The molecule has 0 saturated carbocycles. The van der Waals surface area contributed by atoms with Crippen LogP contribution in [0.3, 0.4) is 0 Å². The number of aliphatic carboxylic acids is 1. The lowest BCUT2D eigenvalue weighted by Gasteiger charge is -2.06. The van der Waals surface area contributed by atoms with E-state index in [1.54, 1.807) is 30.3 Å². The number of benzene rings is 1. The fourth-order valence-corrected chi connectivity index (χ4v) is 1.20. The molecule has 4 heteroatoms. The van der Waals surface area contributed by atoms with Gasteiger partial charge in [-0.2, -0.15) is 5.26 Å². The Labute approximate surface area is 87.7 Å².